The van der Waals surface area contributed by atoms with Crippen molar-refractivity contribution in [1.29, 1.82) is 0 Å². The van der Waals surface area contributed by atoms with Crippen LogP contribution >= 0.6 is 0 Å². The number of para-hydroxylation sites is 1. The standard InChI is InChI=1S/C15H9N3O3/c19-15(20)9-5-10-13(16-7-9)18-14(17-10)12-6-8-3-1-2-4-11(8)21-12/h1-7H,(H,19,20)(H,16,17,18). The Kier molecular flexibility index (Phi) is 2.32. The van der Waals surface area contributed by atoms with Crippen molar-refractivity contribution < 1.29 is 14.3 Å². The number of carbonyl (C=O) groups is 1. The first-order chi connectivity index (χ1) is 10.2. The number of carboxylic acid groups (broad SMARTS) is 1. The summed E-state index contributed by atoms with van der Waals surface area (Å²) in [7, 11) is 0. The van der Waals surface area contributed by atoms with E-state index in [1.165, 1.54) is 12.3 Å². The predicted octanol–water partition coefficient (Wildman–Crippen LogP) is 3.07. The van der Waals surface area contributed by atoms with Crippen LogP contribution < -0.4 is 0 Å². The monoisotopic (exact) mass is 279 g/mol. The molecule has 0 aliphatic heterocycles. The molecule has 6 nitrogen and oxygen atoms in total. The molecule has 3 aromatic heterocycles. The third kappa shape index (κ3) is 1.85. The number of benzene rings is 1. The Morgan fingerprint density at radius 3 is 2.90 bits per heavy atom. The Bertz CT molecular complexity index is 951. The molecule has 0 amide bonds. The van der Waals surface area contributed by atoms with Gasteiger partial charge in [0.1, 0.15) is 5.58 Å². The van der Waals surface area contributed by atoms with Crippen molar-refractivity contribution in [2.24, 2.45) is 0 Å². The first kappa shape index (κ1) is 11.7. The normalized spacial score (nSPS) is 11.2. The summed E-state index contributed by atoms with van der Waals surface area (Å²) in [6.45, 7) is 0. The maximum absolute atomic E-state index is 10.9. The van der Waals surface area contributed by atoms with Gasteiger partial charge >= 0.3 is 5.97 Å². The molecule has 21 heavy (non-hydrogen) atoms. The molecule has 4 aromatic rings. The van der Waals surface area contributed by atoms with E-state index in [0.29, 0.717) is 22.7 Å². The number of fused-ring (bicyclic) bond motifs is 2. The number of aromatic amines is 1. The van der Waals surface area contributed by atoms with Crippen LogP contribution in [0.4, 0.5) is 0 Å². The fourth-order valence-electron chi connectivity index (χ4n) is 2.23. The molecule has 1 aromatic carbocycles. The topological polar surface area (TPSA) is 92.0 Å². The molecular weight excluding hydrogens is 270 g/mol. The zero-order chi connectivity index (χ0) is 14.4. The highest BCUT2D eigenvalue weighted by Crippen LogP contribution is 2.27. The number of aromatic carboxylic acids is 1. The zero-order valence-corrected chi connectivity index (χ0v) is 10.7. The van der Waals surface area contributed by atoms with Crippen molar-refractivity contribution in [2.75, 3.05) is 0 Å². The number of hydrogen-bond donors (Lipinski definition) is 2. The molecule has 0 unspecified atom stereocenters. The van der Waals surface area contributed by atoms with E-state index in [9.17, 15) is 4.79 Å². The number of hydrogen-bond acceptors (Lipinski definition) is 4. The van der Waals surface area contributed by atoms with Gasteiger partial charge in [-0.3, -0.25) is 0 Å². The molecule has 0 fully saturated rings. The lowest BCUT2D eigenvalue weighted by Gasteiger charge is -1.91. The molecule has 0 atom stereocenters. The molecule has 0 saturated heterocycles. The predicted molar refractivity (Wildman–Crippen MR) is 76.1 cm³/mol. The number of rotatable bonds is 2. The minimum Gasteiger partial charge on any atom is -0.478 e. The number of H-pyrrole nitrogens is 1. The lowest BCUT2D eigenvalue weighted by molar-refractivity contribution is 0.0696. The van der Waals surface area contributed by atoms with Crippen LogP contribution in [0.15, 0.2) is 47.0 Å². The molecular formula is C15H9N3O3. The number of imidazole rings is 1. The van der Waals surface area contributed by atoms with Crippen molar-refractivity contribution in [3.05, 3.63) is 48.2 Å². The first-order valence-electron chi connectivity index (χ1n) is 6.29. The fourth-order valence-corrected chi connectivity index (χ4v) is 2.23. The molecule has 6 heteroatoms. The highest BCUT2D eigenvalue weighted by atomic mass is 16.4. The average Bonchev–Trinajstić information content (AvgIpc) is 3.09. The second-order valence-corrected chi connectivity index (χ2v) is 4.63. The van der Waals surface area contributed by atoms with Gasteiger partial charge in [-0.25, -0.2) is 14.8 Å². The Morgan fingerprint density at radius 2 is 2.10 bits per heavy atom. The zero-order valence-electron chi connectivity index (χ0n) is 10.7. The van der Waals surface area contributed by atoms with Gasteiger partial charge in [-0.1, -0.05) is 18.2 Å². The SMILES string of the molecule is O=C(O)c1cnc2nc(-c3cc4ccccc4o3)[nH]c2c1. The van der Waals surface area contributed by atoms with Gasteiger partial charge < -0.3 is 14.5 Å². The second kappa shape index (κ2) is 4.17. The number of furan rings is 1. The van der Waals surface area contributed by atoms with Crippen LogP contribution in [0.5, 0.6) is 0 Å². The lowest BCUT2D eigenvalue weighted by Crippen LogP contribution is -1.96. The van der Waals surface area contributed by atoms with Gasteiger partial charge in [0.2, 0.25) is 0 Å². The number of nitrogens with one attached hydrogen (secondary N) is 1. The minimum absolute atomic E-state index is 0.113. The Balaban J connectivity index is 1.87. The summed E-state index contributed by atoms with van der Waals surface area (Å²) in [6, 6.07) is 11.0. The Morgan fingerprint density at radius 1 is 1.24 bits per heavy atom. The highest BCUT2D eigenvalue weighted by Gasteiger charge is 2.13. The van der Waals surface area contributed by atoms with E-state index in [2.05, 4.69) is 15.0 Å². The molecule has 0 aliphatic rings. The molecule has 0 bridgehead atoms. The number of nitrogens with zero attached hydrogens (tertiary/aromatic N) is 2. The minimum atomic E-state index is -1.02. The van der Waals surface area contributed by atoms with Crippen molar-refractivity contribution in [3.63, 3.8) is 0 Å². The van der Waals surface area contributed by atoms with Crippen molar-refractivity contribution in [3.8, 4) is 11.6 Å². The molecule has 102 valence electrons. The molecule has 0 spiro atoms. The maximum atomic E-state index is 10.9. The van der Waals surface area contributed by atoms with Crippen LogP contribution in [0.25, 0.3) is 33.7 Å². The van der Waals surface area contributed by atoms with Crippen LogP contribution in [0.3, 0.4) is 0 Å². The largest absolute Gasteiger partial charge is 0.478 e. The van der Waals surface area contributed by atoms with Gasteiger partial charge in [0.15, 0.2) is 17.2 Å². The quantitative estimate of drug-likeness (QED) is 0.588. The van der Waals surface area contributed by atoms with Gasteiger partial charge in [-0.2, -0.15) is 0 Å². The van der Waals surface area contributed by atoms with Gasteiger partial charge in [0.25, 0.3) is 0 Å². The summed E-state index contributed by atoms with van der Waals surface area (Å²) >= 11 is 0. The van der Waals surface area contributed by atoms with Gasteiger partial charge in [-0.05, 0) is 18.2 Å². The molecule has 3 heterocycles. The maximum Gasteiger partial charge on any atom is 0.337 e. The van der Waals surface area contributed by atoms with Crippen molar-refractivity contribution in [1.82, 2.24) is 15.0 Å². The lowest BCUT2D eigenvalue weighted by atomic mass is 10.2. The molecule has 2 N–H and O–H groups in total. The highest BCUT2D eigenvalue weighted by molar-refractivity contribution is 5.91. The van der Waals surface area contributed by atoms with E-state index in [1.807, 2.05) is 30.3 Å². The molecule has 0 saturated carbocycles. The first-order valence-corrected chi connectivity index (χ1v) is 6.29. The smallest absolute Gasteiger partial charge is 0.337 e. The molecule has 0 aliphatic carbocycles. The number of pyridine rings is 1. The fraction of sp³-hybridized carbons (Fsp3) is 0. The van der Waals surface area contributed by atoms with E-state index >= 15 is 0 Å². The van der Waals surface area contributed by atoms with Crippen LogP contribution in [-0.4, -0.2) is 26.0 Å². The van der Waals surface area contributed by atoms with Crippen molar-refractivity contribution in [2.45, 2.75) is 0 Å². The van der Waals surface area contributed by atoms with E-state index in [0.717, 1.165) is 11.0 Å². The van der Waals surface area contributed by atoms with Crippen molar-refractivity contribution >= 4 is 28.1 Å². The van der Waals surface area contributed by atoms with E-state index in [1.54, 1.807) is 0 Å². The summed E-state index contributed by atoms with van der Waals surface area (Å²) in [5, 5.41) is 9.95. The summed E-state index contributed by atoms with van der Waals surface area (Å²) < 4.78 is 5.72. The summed E-state index contributed by atoms with van der Waals surface area (Å²) in [6.07, 6.45) is 1.29. The van der Waals surface area contributed by atoms with E-state index < -0.39 is 5.97 Å². The third-order valence-electron chi connectivity index (χ3n) is 3.24. The van der Waals surface area contributed by atoms with E-state index in [-0.39, 0.29) is 5.56 Å². The second-order valence-electron chi connectivity index (χ2n) is 4.63. The van der Waals surface area contributed by atoms with Crippen LogP contribution in [-0.2, 0) is 0 Å². The van der Waals surface area contributed by atoms with Gasteiger partial charge in [0, 0.05) is 11.6 Å². The van der Waals surface area contributed by atoms with E-state index in [4.69, 9.17) is 9.52 Å². The number of carboxylic acids is 1. The Hall–Kier alpha value is -3.15. The molecule has 0 radical (unpaired) electrons. The van der Waals surface area contributed by atoms with Crippen LogP contribution in [0.1, 0.15) is 10.4 Å². The molecule has 4 rings (SSSR count). The number of aromatic nitrogens is 3. The average molecular weight is 279 g/mol. The van der Waals surface area contributed by atoms with Gasteiger partial charge in [-0.15, -0.1) is 0 Å². The van der Waals surface area contributed by atoms with Crippen LogP contribution in [0.2, 0.25) is 0 Å². The Labute approximate surface area is 118 Å². The summed E-state index contributed by atoms with van der Waals surface area (Å²) in [5.41, 5.74) is 1.90. The van der Waals surface area contributed by atoms with Crippen LogP contribution in [0, 0.1) is 0 Å². The summed E-state index contributed by atoms with van der Waals surface area (Å²) in [5.74, 6) is 0.0894. The summed E-state index contributed by atoms with van der Waals surface area (Å²) in [4.78, 5) is 22.3. The van der Waals surface area contributed by atoms with Gasteiger partial charge in [0.05, 0.1) is 11.1 Å². The third-order valence-corrected chi connectivity index (χ3v) is 3.24.